The number of nitrogens with zero attached hydrogens (tertiary/aromatic N) is 3. The van der Waals surface area contributed by atoms with Gasteiger partial charge in [0, 0.05) is 36.0 Å². The van der Waals surface area contributed by atoms with Gasteiger partial charge in [0.2, 0.25) is 0 Å². The number of hydrogen-bond acceptors (Lipinski definition) is 5. The molecule has 3 aromatic heterocycles. The topological polar surface area (TPSA) is 100.0 Å². The molecule has 0 aliphatic heterocycles. The van der Waals surface area contributed by atoms with Gasteiger partial charge < -0.3 is 10.3 Å². The van der Waals surface area contributed by atoms with Crippen LogP contribution in [0.15, 0.2) is 64.7 Å². The van der Waals surface area contributed by atoms with Crippen LogP contribution in [0.2, 0.25) is 0 Å². The molecule has 0 fully saturated rings. The molecule has 9 heteroatoms. The zero-order chi connectivity index (χ0) is 20.9. The van der Waals surface area contributed by atoms with Crippen LogP contribution < -0.4 is 11.3 Å². The Bertz CT molecular complexity index is 1420. The SMILES string of the molecule is Cc1ccc(S(=O)(=O)n2ccc3c(-c4cc(F)cnc4N)cn(C)c(=O)c32)cc1. The van der Waals surface area contributed by atoms with Crippen molar-refractivity contribution in [1.29, 1.82) is 0 Å². The summed E-state index contributed by atoms with van der Waals surface area (Å²) in [7, 11) is -2.52. The molecule has 4 aromatic rings. The summed E-state index contributed by atoms with van der Waals surface area (Å²) in [6.45, 7) is 1.85. The van der Waals surface area contributed by atoms with E-state index in [4.69, 9.17) is 5.73 Å². The fraction of sp³-hybridized carbons (Fsp3) is 0.100. The molecule has 0 amide bonds. The van der Waals surface area contributed by atoms with Crippen LogP contribution >= 0.6 is 0 Å². The first kappa shape index (κ1) is 18.9. The molecule has 4 rings (SSSR count). The van der Waals surface area contributed by atoms with Crippen molar-refractivity contribution in [3.05, 3.63) is 76.7 Å². The van der Waals surface area contributed by atoms with Gasteiger partial charge in [0.25, 0.3) is 15.6 Å². The van der Waals surface area contributed by atoms with E-state index in [1.54, 1.807) is 12.1 Å². The highest BCUT2D eigenvalue weighted by Crippen LogP contribution is 2.32. The molecule has 29 heavy (non-hydrogen) atoms. The molecule has 0 unspecified atom stereocenters. The highest BCUT2D eigenvalue weighted by atomic mass is 32.2. The maximum absolute atomic E-state index is 13.8. The number of benzene rings is 1. The van der Waals surface area contributed by atoms with Gasteiger partial charge in [-0.1, -0.05) is 17.7 Å². The molecule has 148 valence electrons. The zero-order valence-corrected chi connectivity index (χ0v) is 16.4. The number of aryl methyl sites for hydroxylation is 2. The molecule has 7 nitrogen and oxygen atoms in total. The Kier molecular flexibility index (Phi) is 4.27. The van der Waals surface area contributed by atoms with E-state index >= 15 is 0 Å². The fourth-order valence-corrected chi connectivity index (χ4v) is 4.58. The van der Waals surface area contributed by atoms with Gasteiger partial charge in [-0.3, -0.25) is 4.79 Å². The van der Waals surface area contributed by atoms with Gasteiger partial charge in [-0.15, -0.1) is 0 Å². The first-order valence-electron chi connectivity index (χ1n) is 8.64. The van der Waals surface area contributed by atoms with E-state index in [1.807, 2.05) is 6.92 Å². The van der Waals surface area contributed by atoms with Crippen LogP contribution in [0.1, 0.15) is 5.56 Å². The number of hydrogen-bond donors (Lipinski definition) is 1. The average Bonchev–Trinajstić information content (AvgIpc) is 3.13. The van der Waals surface area contributed by atoms with Crippen molar-refractivity contribution >= 4 is 26.7 Å². The third kappa shape index (κ3) is 2.99. The lowest BCUT2D eigenvalue weighted by molar-refractivity contribution is 0.589. The molecule has 0 atom stereocenters. The van der Waals surface area contributed by atoms with E-state index in [2.05, 4.69) is 4.98 Å². The van der Waals surface area contributed by atoms with Crippen LogP contribution in [0.5, 0.6) is 0 Å². The number of pyridine rings is 2. The molecule has 0 aliphatic carbocycles. The van der Waals surface area contributed by atoms with Crippen LogP contribution in [0.4, 0.5) is 10.2 Å². The van der Waals surface area contributed by atoms with E-state index in [1.165, 1.54) is 48.3 Å². The quantitative estimate of drug-likeness (QED) is 0.558. The second-order valence-electron chi connectivity index (χ2n) is 6.74. The highest BCUT2D eigenvalue weighted by molar-refractivity contribution is 7.90. The summed E-state index contributed by atoms with van der Waals surface area (Å²) in [5.74, 6) is -0.525. The van der Waals surface area contributed by atoms with Gasteiger partial charge in [0.05, 0.1) is 11.1 Å². The minimum absolute atomic E-state index is 0.0470. The smallest absolute Gasteiger partial charge is 0.275 e. The summed E-state index contributed by atoms with van der Waals surface area (Å²) in [5, 5.41) is 0.336. The second-order valence-corrected chi connectivity index (χ2v) is 8.55. The predicted octanol–water partition coefficient (Wildman–Crippen LogP) is 2.67. The maximum Gasteiger partial charge on any atom is 0.275 e. The number of rotatable bonds is 3. The number of halogens is 1. The van der Waals surface area contributed by atoms with Crippen molar-refractivity contribution in [3.63, 3.8) is 0 Å². The zero-order valence-electron chi connectivity index (χ0n) is 15.6. The lowest BCUT2D eigenvalue weighted by atomic mass is 10.0. The van der Waals surface area contributed by atoms with E-state index < -0.39 is 21.4 Å². The van der Waals surface area contributed by atoms with Crippen LogP contribution in [0, 0.1) is 12.7 Å². The summed E-state index contributed by atoms with van der Waals surface area (Å²) < 4.78 is 42.3. The van der Waals surface area contributed by atoms with Crippen molar-refractivity contribution < 1.29 is 12.8 Å². The van der Waals surface area contributed by atoms with E-state index in [9.17, 15) is 17.6 Å². The molecular formula is C20H17FN4O3S. The third-order valence-electron chi connectivity index (χ3n) is 4.74. The van der Waals surface area contributed by atoms with Crippen LogP contribution in [0.3, 0.4) is 0 Å². The van der Waals surface area contributed by atoms with Gasteiger partial charge in [-0.25, -0.2) is 21.8 Å². The number of nitrogen functional groups attached to an aromatic ring is 1. The highest BCUT2D eigenvalue weighted by Gasteiger charge is 2.23. The van der Waals surface area contributed by atoms with Crippen LogP contribution in [0.25, 0.3) is 22.0 Å². The first-order valence-corrected chi connectivity index (χ1v) is 10.1. The maximum atomic E-state index is 13.8. The first-order chi connectivity index (χ1) is 13.7. The summed E-state index contributed by atoms with van der Waals surface area (Å²) in [4.78, 5) is 16.7. The van der Waals surface area contributed by atoms with Crippen molar-refractivity contribution in [2.75, 3.05) is 5.73 Å². The Balaban J connectivity index is 2.05. The summed E-state index contributed by atoms with van der Waals surface area (Å²) >= 11 is 0. The van der Waals surface area contributed by atoms with Gasteiger partial charge in [0.1, 0.15) is 17.2 Å². The minimum Gasteiger partial charge on any atom is -0.383 e. The van der Waals surface area contributed by atoms with Gasteiger partial charge in [0.15, 0.2) is 0 Å². The molecule has 2 N–H and O–H groups in total. The summed E-state index contributed by atoms with van der Waals surface area (Å²) in [6.07, 6.45) is 3.79. The molecule has 0 radical (unpaired) electrons. The van der Waals surface area contributed by atoms with Gasteiger partial charge >= 0.3 is 0 Å². The molecular weight excluding hydrogens is 395 g/mol. The second kappa shape index (κ2) is 6.56. The minimum atomic E-state index is -4.01. The number of aromatic nitrogens is 3. The molecule has 0 spiro atoms. The van der Waals surface area contributed by atoms with Crippen molar-refractivity contribution in [2.45, 2.75) is 11.8 Å². The van der Waals surface area contributed by atoms with E-state index in [0.29, 0.717) is 10.9 Å². The summed E-state index contributed by atoms with van der Waals surface area (Å²) in [5.41, 5.74) is 6.95. The van der Waals surface area contributed by atoms with Gasteiger partial charge in [-0.05, 0) is 31.2 Å². The normalized spacial score (nSPS) is 11.8. The Labute approximate surface area is 165 Å². The Hall–Kier alpha value is -3.46. The van der Waals surface area contributed by atoms with Crippen LogP contribution in [-0.2, 0) is 17.1 Å². The molecule has 0 aliphatic rings. The van der Waals surface area contributed by atoms with E-state index in [-0.39, 0.29) is 21.8 Å². The lowest BCUT2D eigenvalue weighted by Crippen LogP contribution is -2.22. The van der Waals surface area contributed by atoms with Crippen molar-refractivity contribution in [3.8, 4) is 11.1 Å². The number of fused-ring (bicyclic) bond motifs is 1. The molecule has 0 bridgehead atoms. The monoisotopic (exact) mass is 412 g/mol. The lowest BCUT2D eigenvalue weighted by Gasteiger charge is -2.11. The van der Waals surface area contributed by atoms with Crippen molar-refractivity contribution in [1.82, 2.24) is 13.5 Å². The molecule has 0 saturated heterocycles. The summed E-state index contributed by atoms with van der Waals surface area (Å²) in [6, 6.07) is 9.04. The van der Waals surface area contributed by atoms with Crippen molar-refractivity contribution in [2.24, 2.45) is 7.05 Å². The standard InChI is InChI=1S/C20H17FN4O3S/c1-12-3-5-14(6-4-12)29(27,28)25-8-7-15-17(11-24(2)20(26)18(15)25)16-9-13(21)10-23-19(16)22/h3-11H,1-2H3,(H2,22,23). The van der Waals surface area contributed by atoms with Crippen LogP contribution in [-0.4, -0.2) is 21.9 Å². The Morgan fingerprint density at radius 2 is 1.79 bits per heavy atom. The largest absolute Gasteiger partial charge is 0.383 e. The van der Waals surface area contributed by atoms with Gasteiger partial charge in [-0.2, -0.15) is 0 Å². The number of anilines is 1. The molecule has 0 saturated carbocycles. The predicted molar refractivity (Wildman–Crippen MR) is 109 cm³/mol. The fourth-order valence-electron chi connectivity index (χ4n) is 3.23. The Morgan fingerprint density at radius 3 is 2.48 bits per heavy atom. The number of nitrogens with two attached hydrogens (primary N) is 1. The average molecular weight is 412 g/mol. The molecule has 3 heterocycles. The molecule has 1 aromatic carbocycles. The van der Waals surface area contributed by atoms with E-state index in [0.717, 1.165) is 15.7 Å². The third-order valence-corrected chi connectivity index (χ3v) is 6.43. The Morgan fingerprint density at radius 1 is 1.10 bits per heavy atom.